The smallest absolute Gasteiger partial charge is 0.326 e. The molecule has 1 amide bonds. The quantitative estimate of drug-likeness (QED) is 0.724. The van der Waals surface area contributed by atoms with E-state index in [9.17, 15) is 14.7 Å². The summed E-state index contributed by atoms with van der Waals surface area (Å²) in [6, 6.07) is 16.8. The number of nitrogens with one attached hydrogen (secondary N) is 1. The highest BCUT2D eigenvalue weighted by molar-refractivity contribution is 5.96. The Bertz CT molecular complexity index is 843. The van der Waals surface area contributed by atoms with Crippen LogP contribution in [0.1, 0.15) is 15.9 Å². The fourth-order valence-corrected chi connectivity index (χ4v) is 2.48. The van der Waals surface area contributed by atoms with Gasteiger partial charge in [0, 0.05) is 24.4 Å². The van der Waals surface area contributed by atoms with E-state index in [1.165, 1.54) is 0 Å². The summed E-state index contributed by atoms with van der Waals surface area (Å²) < 4.78 is 1.68. The van der Waals surface area contributed by atoms with Crippen molar-refractivity contribution in [2.75, 3.05) is 0 Å². The monoisotopic (exact) mass is 335 g/mol. The molecule has 1 atom stereocenters. The minimum atomic E-state index is -1.06. The largest absolute Gasteiger partial charge is 0.480 e. The summed E-state index contributed by atoms with van der Waals surface area (Å²) in [6.45, 7) is 0. The van der Waals surface area contributed by atoms with E-state index in [1.54, 1.807) is 41.3 Å². The second kappa shape index (κ2) is 7.44. The van der Waals surface area contributed by atoms with E-state index < -0.39 is 17.9 Å². The van der Waals surface area contributed by atoms with Gasteiger partial charge in [0.15, 0.2) is 0 Å². The van der Waals surface area contributed by atoms with E-state index in [0.717, 1.165) is 11.3 Å². The van der Waals surface area contributed by atoms with Crippen LogP contribution in [0.25, 0.3) is 5.69 Å². The van der Waals surface area contributed by atoms with Gasteiger partial charge in [0.25, 0.3) is 5.91 Å². The Hall–Kier alpha value is -3.41. The number of carbonyl (C=O) groups is 2. The Morgan fingerprint density at radius 3 is 2.36 bits per heavy atom. The summed E-state index contributed by atoms with van der Waals surface area (Å²) in [5.74, 6) is -1.49. The number of amides is 1. The summed E-state index contributed by atoms with van der Waals surface area (Å²) in [5, 5.41) is 16.1. The van der Waals surface area contributed by atoms with E-state index in [-0.39, 0.29) is 6.42 Å². The molecule has 3 rings (SSSR count). The molecule has 0 aliphatic rings. The average Bonchev–Trinajstić information content (AvgIpc) is 3.16. The van der Waals surface area contributed by atoms with Crippen molar-refractivity contribution in [1.29, 1.82) is 0 Å². The molecule has 6 nitrogen and oxygen atoms in total. The van der Waals surface area contributed by atoms with Crippen molar-refractivity contribution in [3.05, 3.63) is 84.2 Å². The molecular weight excluding hydrogens is 318 g/mol. The Morgan fingerprint density at radius 1 is 1.04 bits per heavy atom. The van der Waals surface area contributed by atoms with Gasteiger partial charge in [-0.2, -0.15) is 5.10 Å². The zero-order valence-corrected chi connectivity index (χ0v) is 13.4. The third-order valence-corrected chi connectivity index (χ3v) is 3.78. The molecule has 0 aliphatic heterocycles. The molecule has 0 unspecified atom stereocenters. The fourth-order valence-electron chi connectivity index (χ4n) is 2.48. The van der Waals surface area contributed by atoms with Crippen LogP contribution in [-0.4, -0.2) is 32.8 Å². The number of nitrogens with zero attached hydrogens (tertiary/aromatic N) is 2. The van der Waals surface area contributed by atoms with Crippen molar-refractivity contribution in [2.45, 2.75) is 12.5 Å². The van der Waals surface area contributed by atoms with Crippen LogP contribution in [0.3, 0.4) is 0 Å². The molecule has 2 aromatic carbocycles. The molecule has 2 N–H and O–H groups in total. The molecule has 1 aromatic heterocycles. The maximum atomic E-state index is 12.4. The topological polar surface area (TPSA) is 84.2 Å². The summed E-state index contributed by atoms with van der Waals surface area (Å²) in [4.78, 5) is 23.8. The number of hydrogen-bond donors (Lipinski definition) is 2. The molecular formula is C19H17N3O3. The molecule has 0 fully saturated rings. The standard InChI is InChI=1S/C19H17N3O3/c23-18(15-7-9-16(10-8-15)22-12-4-11-20-22)21-17(19(24)25)13-14-5-2-1-3-6-14/h1-12,17H,13H2,(H,21,23)(H,24,25)/t17-/m1/s1. The second-order valence-electron chi connectivity index (χ2n) is 5.55. The van der Waals surface area contributed by atoms with Crippen LogP contribution in [0.4, 0.5) is 0 Å². The van der Waals surface area contributed by atoms with Gasteiger partial charge >= 0.3 is 5.97 Å². The third kappa shape index (κ3) is 4.11. The van der Waals surface area contributed by atoms with Crippen LogP contribution in [0.15, 0.2) is 73.1 Å². The SMILES string of the molecule is O=C(N[C@H](Cc1ccccc1)C(=O)O)c1ccc(-n2cccn2)cc1. The van der Waals surface area contributed by atoms with Crippen molar-refractivity contribution in [1.82, 2.24) is 15.1 Å². The van der Waals surface area contributed by atoms with Crippen LogP contribution in [0, 0.1) is 0 Å². The summed E-state index contributed by atoms with van der Waals surface area (Å²) in [7, 11) is 0. The first-order valence-electron chi connectivity index (χ1n) is 7.81. The number of carboxylic acids is 1. The first-order valence-corrected chi connectivity index (χ1v) is 7.81. The lowest BCUT2D eigenvalue weighted by Crippen LogP contribution is -2.42. The van der Waals surface area contributed by atoms with E-state index in [4.69, 9.17) is 0 Å². The van der Waals surface area contributed by atoms with Gasteiger partial charge in [-0.15, -0.1) is 0 Å². The molecule has 0 saturated heterocycles. The Balaban J connectivity index is 1.70. The molecule has 1 heterocycles. The number of hydrogen-bond acceptors (Lipinski definition) is 3. The highest BCUT2D eigenvalue weighted by atomic mass is 16.4. The first-order chi connectivity index (χ1) is 12.1. The van der Waals surface area contributed by atoms with Gasteiger partial charge in [0.05, 0.1) is 5.69 Å². The lowest BCUT2D eigenvalue weighted by Gasteiger charge is -2.15. The fraction of sp³-hybridized carbons (Fsp3) is 0.105. The number of carbonyl (C=O) groups excluding carboxylic acids is 1. The maximum absolute atomic E-state index is 12.4. The minimum Gasteiger partial charge on any atom is -0.480 e. The molecule has 0 saturated carbocycles. The van der Waals surface area contributed by atoms with Crippen molar-refractivity contribution in [2.24, 2.45) is 0 Å². The van der Waals surface area contributed by atoms with Gasteiger partial charge in [-0.3, -0.25) is 4.79 Å². The van der Waals surface area contributed by atoms with Crippen molar-refractivity contribution < 1.29 is 14.7 Å². The Labute approximate surface area is 144 Å². The van der Waals surface area contributed by atoms with Crippen LogP contribution in [-0.2, 0) is 11.2 Å². The van der Waals surface area contributed by atoms with Gasteiger partial charge in [-0.05, 0) is 35.9 Å². The van der Waals surface area contributed by atoms with Gasteiger partial charge in [-0.25, -0.2) is 9.48 Å². The lowest BCUT2D eigenvalue weighted by atomic mass is 10.1. The second-order valence-corrected chi connectivity index (χ2v) is 5.55. The van der Waals surface area contributed by atoms with E-state index >= 15 is 0 Å². The number of aromatic nitrogens is 2. The van der Waals surface area contributed by atoms with E-state index in [1.807, 2.05) is 36.4 Å². The molecule has 3 aromatic rings. The van der Waals surface area contributed by atoms with Gasteiger partial charge in [0.1, 0.15) is 6.04 Å². The van der Waals surface area contributed by atoms with Crippen molar-refractivity contribution in [3.8, 4) is 5.69 Å². The lowest BCUT2D eigenvalue weighted by molar-refractivity contribution is -0.139. The van der Waals surface area contributed by atoms with Crippen molar-refractivity contribution >= 4 is 11.9 Å². The molecule has 0 aliphatic carbocycles. The maximum Gasteiger partial charge on any atom is 0.326 e. The van der Waals surface area contributed by atoms with Crippen LogP contribution >= 0.6 is 0 Å². The number of carboxylic acid groups (broad SMARTS) is 1. The minimum absolute atomic E-state index is 0.229. The molecule has 0 bridgehead atoms. The van der Waals surface area contributed by atoms with Gasteiger partial charge in [-0.1, -0.05) is 30.3 Å². The van der Waals surface area contributed by atoms with Crippen LogP contribution in [0.2, 0.25) is 0 Å². The number of aliphatic carboxylic acids is 1. The van der Waals surface area contributed by atoms with Crippen molar-refractivity contribution in [3.63, 3.8) is 0 Å². The summed E-state index contributed by atoms with van der Waals surface area (Å²) >= 11 is 0. The highest BCUT2D eigenvalue weighted by Gasteiger charge is 2.21. The summed E-state index contributed by atoms with van der Waals surface area (Å²) in [6.07, 6.45) is 3.70. The average molecular weight is 335 g/mol. The predicted octanol–water partition coefficient (Wildman–Crippen LogP) is 2.30. The molecule has 0 radical (unpaired) electrons. The van der Waals surface area contributed by atoms with Gasteiger partial charge in [0.2, 0.25) is 0 Å². The molecule has 126 valence electrons. The third-order valence-electron chi connectivity index (χ3n) is 3.78. The van der Waals surface area contributed by atoms with E-state index in [2.05, 4.69) is 10.4 Å². The molecule has 0 spiro atoms. The summed E-state index contributed by atoms with van der Waals surface area (Å²) in [5.41, 5.74) is 2.07. The van der Waals surface area contributed by atoms with Crippen LogP contribution in [0.5, 0.6) is 0 Å². The zero-order valence-electron chi connectivity index (χ0n) is 13.4. The molecule has 6 heteroatoms. The number of benzene rings is 2. The Morgan fingerprint density at radius 2 is 1.76 bits per heavy atom. The first kappa shape index (κ1) is 16.4. The highest BCUT2D eigenvalue weighted by Crippen LogP contribution is 2.10. The van der Waals surface area contributed by atoms with Crippen LogP contribution < -0.4 is 5.32 Å². The normalized spacial score (nSPS) is 11.7. The Kier molecular flexibility index (Phi) is 4.89. The van der Waals surface area contributed by atoms with Gasteiger partial charge < -0.3 is 10.4 Å². The zero-order chi connectivity index (χ0) is 17.6. The van der Waals surface area contributed by atoms with E-state index in [0.29, 0.717) is 5.56 Å². The predicted molar refractivity (Wildman–Crippen MR) is 92.6 cm³/mol. The number of rotatable bonds is 6. The molecule has 25 heavy (non-hydrogen) atoms.